The van der Waals surface area contributed by atoms with Gasteiger partial charge in [0.15, 0.2) is 11.6 Å². The van der Waals surface area contributed by atoms with Gasteiger partial charge in [-0.15, -0.1) is 0 Å². The third-order valence-corrected chi connectivity index (χ3v) is 8.02. The van der Waals surface area contributed by atoms with E-state index in [2.05, 4.69) is 24.1 Å². The zero-order valence-electron chi connectivity index (χ0n) is 17.8. The average molecular weight is 427 g/mol. The lowest BCUT2D eigenvalue weighted by atomic mass is 9.61. The molecule has 2 saturated carbocycles. The Hall–Kier alpha value is -2.25. The number of nitrogens with one attached hydrogen (secondary N) is 1. The molecule has 0 amide bonds. The molecule has 3 aliphatic carbocycles. The highest BCUT2D eigenvalue weighted by Gasteiger charge is 2.62. The van der Waals surface area contributed by atoms with Crippen LogP contribution in [-0.2, 0) is 15.1 Å². The van der Waals surface area contributed by atoms with Crippen molar-refractivity contribution in [2.24, 2.45) is 29.6 Å². The number of aliphatic hydroxyl groups is 1. The highest BCUT2D eigenvalue weighted by Crippen LogP contribution is 2.50. The summed E-state index contributed by atoms with van der Waals surface area (Å²) in [5.74, 6) is -0.327. The van der Waals surface area contributed by atoms with E-state index in [0.29, 0.717) is 11.8 Å². The summed E-state index contributed by atoms with van der Waals surface area (Å²) >= 11 is 0. The topological polar surface area (TPSA) is 120 Å². The van der Waals surface area contributed by atoms with Crippen LogP contribution in [0.5, 0.6) is 5.75 Å². The highest BCUT2D eigenvalue weighted by molar-refractivity contribution is 6.01. The zero-order valence-corrected chi connectivity index (χ0v) is 17.8. The number of aromatic nitrogens is 1. The van der Waals surface area contributed by atoms with Crippen LogP contribution in [0.4, 0.5) is 0 Å². The van der Waals surface area contributed by atoms with Gasteiger partial charge in [-0.1, -0.05) is 32.4 Å². The van der Waals surface area contributed by atoms with E-state index in [1.807, 2.05) is 6.92 Å². The number of aromatic hydroxyl groups is 1. The molecule has 8 atom stereocenters. The van der Waals surface area contributed by atoms with E-state index < -0.39 is 35.0 Å². The molecule has 1 aromatic heterocycles. The van der Waals surface area contributed by atoms with Crippen LogP contribution < -0.4 is 5.56 Å². The Morgan fingerprint density at radius 1 is 1.23 bits per heavy atom. The predicted octanol–water partition coefficient (Wildman–Crippen LogP) is 2.46. The van der Waals surface area contributed by atoms with Crippen LogP contribution in [0.1, 0.15) is 61.9 Å². The Balaban J connectivity index is 1.53. The molecule has 8 unspecified atom stereocenters. The lowest BCUT2D eigenvalue weighted by molar-refractivity contribution is -0.123. The van der Waals surface area contributed by atoms with Gasteiger partial charge in [-0.25, -0.2) is 0 Å². The number of ketones is 2. The van der Waals surface area contributed by atoms with Crippen molar-refractivity contribution in [3.05, 3.63) is 39.8 Å². The van der Waals surface area contributed by atoms with Gasteiger partial charge in [-0.05, 0) is 42.9 Å². The summed E-state index contributed by atoms with van der Waals surface area (Å²) in [7, 11) is 0. The first-order chi connectivity index (χ1) is 14.7. The number of H-pyrrole nitrogens is 1. The van der Waals surface area contributed by atoms with Gasteiger partial charge in [-0.2, -0.15) is 0 Å². The summed E-state index contributed by atoms with van der Waals surface area (Å²) in [6.45, 7) is 4.20. The third kappa shape index (κ3) is 3.12. The van der Waals surface area contributed by atoms with Gasteiger partial charge in [0, 0.05) is 24.1 Å². The number of ether oxygens (including phenoxy) is 1. The minimum absolute atomic E-state index is 0.0452. The van der Waals surface area contributed by atoms with Gasteiger partial charge in [0.1, 0.15) is 29.1 Å². The number of carbonyl (C=O) groups excluding carboxylic acids is 2. The first-order valence-corrected chi connectivity index (χ1v) is 11.3. The molecule has 4 aliphatic rings. The van der Waals surface area contributed by atoms with E-state index in [0.717, 1.165) is 19.3 Å². The van der Waals surface area contributed by atoms with E-state index >= 15 is 0 Å². The lowest BCUT2D eigenvalue weighted by Gasteiger charge is -2.42. The largest absolute Gasteiger partial charge is 0.507 e. The Kier molecular flexibility index (Phi) is 4.75. The van der Waals surface area contributed by atoms with Gasteiger partial charge in [0.05, 0.1) is 0 Å². The van der Waals surface area contributed by atoms with Crippen molar-refractivity contribution in [2.45, 2.75) is 63.8 Å². The number of Topliss-reactive ketones (excluding diaryl/α,β-unsaturated/α-hetero) is 2. The van der Waals surface area contributed by atoms with E-state index in [4.69, 9.17) is 4.74 Å². The summed E-state index contributed by atoms with van der Waals surface area (Å²) in [6, 6.07) is 0. The van der Waals surface area contributed by atoms with E-state index in [1.54, 1.807) is 0 Å². The van der Waals surface area contributed by atoms with Crippen LogP contribution in [0.3, 0.4) is 0 Å². The van der Waals surface area contributed by atoms with Crippen molar-refractivity contribution in [1.29, 1.82) is 0 Å². The van der Waals surface area contributed by atoms with Crippen LogP contribution in [0, 0.1) is 29.6 Å². The Bertz CT molecular complexity index is 1030. The molecular formula is C24H29NO6. The number of aromatic amines is 1. The van der Waals surface area contributed by atoms with E-state index in [-0.39, 0.29) is 47.4 Å². The second kappa shape index (κ2) is 7.14. The fraction of sp³-hybridized carbons (Fsp3) is 0.625. The van der Waals surface area contributed by atoms with Crippen LogP contribution in [0.15, 0.2) is 23.1 Å². The molecule has 0 aromatic carbocycles. The zero-order chi connectivity index (χ0) is 22.1. The van der Waals surface area contributed by atoms with E-state index in [1.165, 1.54) is 6.20 Å². The number of carbonyl (C=O) groups is 2. The lowest BCUT2D eigenvalue weighted by Crippen LogP contribution is -2.42. The smallest absolute Gasteiger partial charge is 0.262 e. The maximum Gasteiger partial charge on any atom is 0.262 e. The first kappa shape index (κ1) is 20.6. The minimum Gasteiger partial charge on any atom is -0.507 e. The number of pyridine rings is 1. The normalized spacial score (nSPS) is 41.4. The number of rotatable bonds is 3. The van der Waals surface area contributed by atoms with Crippen molar-refractivity contribution >= 4 is 11.6 Å². The van der Waals surface area contributed by atoms with Gasteiger partial charge >= 0.3 is 0 Å². The summed E-state index contributed by atoms with van der Waals surface area (Å²) in [5.41, 5.74) is -2.49. The molecule has 0 spiro atoms. The molecule has 0 bridgehead atoms. The maximum atomic E-state index is 13.7. The number of fused-ring (bicyclic) bond motifs is 2. The number of epoxide rings is 1. The van der Waals surface area contributed by atoms with Gasteiger partial charge in [0.2, 0.25) is 0 Å². The molecule has 5 rings (SSSR count). The molecule has 31 heavy (non-hydrogen) atoms. The summed E-state index contributed by atoms with van der Waals surface area (Å²) in [5, 5.41) is 22.3. The molecule has 1 saturated heterocycles. The summed E-state index contributed by atoms with van der Waals surface area (Å²) < 4.78 is 5.36. The number of hydrogen-bond acceptors (Lipinski definition) is 6. The second-order valence-electron chi connectivity index (χ2n) is 10.0. The van der Waals surface area contributed by atoms with Gasteiger partial charge in [0.25, 0.3) is 5.56 Å². The molecule has 2 heterocycles. The Morgan fingerprint density at radius 3 is 2.77 bits per heavy atom. The van der Waals surface area contributed by atoms with Crippen LogP contribution in [0.2, 0.25) is 0 Å². The minimum atomic E-state index is -1.61. The molecule has 1 aliphatic heterocycles. The Labute approximate surface area is 180 Å². The maximum absolute atomic E-state index is 13.7. The molecule has 1 aromatic rings. The quantitative estimate of drug-likeness (QED) is 0.387. The van der Waals surface area contributed by atoms with Crippen LogP contribution in [0.25, 0.3) is 0 Å². The van der Waals surface area contributed by atoms with Crippen molar-refractivity contribution in [2.75, 3.05) is 0 Å². The number of hydrogen-bond donors (Lipinski definition) is 3. The van der Waals surface area contributed by atoms with Crippen LogP contribution in [-0.4, -0.2) is 39.0 Å². The third-order valence-electron chi connectivity index (χ3n) is 8.02. The molecule has 166 valence electrons. The molecular weight excluding hydrogens is 398 g/mol. The van der Waals surface area contributed by atoms with Gasteiger partial charge in [-0.3, -0.25) is 14.4 Å². The average Bonchev–Trinajstić information content (AvgIpc) is 3.53. The standard InChI is InChI=1S/C24H29NO6/c1-11-3-6-14-13(9-11)5-4-12(2)17(14)20(28)18-19(27)15(10-25-23(18)29)24(30)8-7-16(26)21-22(24)31-21/h4-5,10-14,17,21-22,30H,3,6-9H2,1-2H3,(H2,25,27,29). The van der Waals surface area contributed by atoms with Crippen molar-refractivity contribution in [3.63, 3.8) is 0 Å². The van der Waals surface area contributed by atoms with Gasteiger partial charge < -0.3 is 19.9 Å². The first-order valence-electron chi connectivity index (χ1n) is 11.3. The van der Waals surface area contributed by atoms with E-state index in [9.17, 15) is 24.6 Å². The van der Waals surface area contributed by atoms with Crippen LogP contribution >= 0.6 is 0 Å². The fourth-order valence-electron chi connectivity index (χ4n) is 6.23. The SMILES string of the molecule is CC1CCC2C(C=CC(C)C2C(=O)c2c(O)c(C3(O)CCC(=O)C4OC43)c[nH]c2=O)C1. The fourth-order valence-corrected chi connectivity index (χ4v) is 6.23. The molecule has 7 heteroatoms. The molecule has 7 nitrogen and oxygen atoms in total. The molecule has 3 fully saturated rings. The highest BCUT2D eigenvalue weighted by atomic mass is 16.6. The van der Waals surface area contributed by atoms with Crippen molar-refractivity contribution < 1.29 is 24.5 Å². The monoisotopic (exact) mass is 427 g/mol. The second-order valence-corrected chi connectivity index (χ2v) is 10.0. The molecule has 3 N–H and O–H groups in total. The van der Waals surface area contributed by atoms with Crippen molar-refractivity contribution in [1.82, 2.24) is 4.98 Å². The number of allylic oxidation sites excluding steroid dienone is 2. The molecule has 0 radical (unpaired) electrons. The summed E-state index contributed by atoms with van der Waals surface area (Å²) in [6.07, 6.45) is 7.25. The summed E-state index contributed by atoms with van der Waals surface area (Å²) in [4.78, 5) is 40.8. The van der Waals surface area contributed by atoms with Crippen molar-refractivity contribution in [3.8, 4) is 5.75 Å². The predicted molar refractivity (Wildman–Crippen MR) is 112 cm³/mol. The Morgan fingerprint density at radius 2 is 2.00 bits per heavy atom.